The molecule has 0 aliphatic carbocycles. The van der Waals surface area contributed by atoms with Gasteiger partial charge >= 0.3 is 12.2 Å². The van der Waals surface area contributed by atoms with Crippen LogP contribution in [0, 0.1) is 0 Å². The summed E-state index contributed by atoms with van der Waals surface area (Å²) in [6.07, 6.45) is -3.37. The van der Waals surface area contributed by atoms with E-state index < -0.39 is 23.3 Å². The molecule has 1 saturated heterocycles. The fourth-order valence-electron chi connectivity index (χ4n) is 2.90. The van der Waals surface area contributed by atoms with Crippen molar-refractivity contribution in [3.05, 3.63) is 35.4 Å². The first-order chi connectivity index (χ1) is 13.6. The standard InChI is InChI=1S/C19H26F3N5O2.HI/c1-4-18(2)15(28)27(17(29)26-18)10-6-9-24-16(23-3)25-12-13-7-5-8-14(11-13)19(20,21)22;/h5,7-8,11H,4,6,9-10,12H2,1-3H3,(H,26,29)(H2,23,24,25);1H. The molecule has 3 amide bonds. The van der Waals surface area contributed by atoms with Crippen molar-refractivity contribution in [2.75, 3.05) is 20.1 Å². The number of aliphatic imine (C=N–C) groups is 1. The minimum Gasteiger partial charge on any atom is -0.356 e. The number of halogens is 4. The summed E-state index contributed by atoms with van der Waals surface area (Å²) in [6.45, 7) is 4.40. The molecule has 0 bridgehead atoms. The van der Waals surface area contributed by atoms with Crippen LogP contribution in [-0.4, -0.2) is 48.5 Å². The van der Waals surface area contributed by atoms with Crippen LogP contribution in [0.25, 0.3) is 0 Å². The van der Waals surface area contributed by atoms with E-state index in [0.29, 0.717) is 30.9 Å². The van der Waals surface area contributed by atoms with Gasteiger partial charge in [-0.15, -0.1) is 24.0 Å². The van der Waals surface area contributed by atoms with E-state index >= 15 is 0 Å². The molecule has 0 aromatic heterocycles. The van der Waals surface area contributed by atoms with Crippen molar-refractivity contribution in [1.29, 1.82) is 0 Å². The van der Waals surface area contributed by atoms with E-state index in [0.717, 1.165) is 12.1 Å². The SMILES string of the molecule is CCC1(C)NC(=O)N(CCCNC(=NC)NCc2cccc(C(F)(F)F)c2)C1=O.I. The minimum atomic E-state index is -4.39. The Kier molecular flexibility index (Phi) is 9.37. The number of urea groups is 1. The van der Waals surface area contributed by atoms with Crippen LogP contribution in [0.2, 0.25) is 0 Å². The molecule has 1 fully saturated rings. The number of carbonyl (C=O) groups is 2. The molecule has 3 N–H and O–H groups in total. The van der Waals surface area contributed by atoms with Gasteiger partial charge in [-0.05, 0) is 37.5 Å². The van der Waals surface area contributed by atoms with Crippen molar-refractivity contribution >= 4 is 41.9 Å². The van der Waals surface area contributed by atoms with Crippen LogP contribution >= 0.6 is 24.0 Å². The summed E-state index contributed by atoms with van der Waals surface area (Å²) in [4.78, 5) is 29.5. The number of alkyl halides is 3. The van der Waals surface area contributed by atoms with Crippen LogP contribution in [0.15, 0.2) is 29.3 Å². The van der Waals surface area contributed by atoms with E-state index in [1.165, 1.54) is 11.0 Å². The molecule has 1 aliphatic rings. The van der Waals surface area contributed by atoms with E-state index in [1.54, 1.807) is 20.0 Å². The fraction of sp³-hybridized carbons (Fsp3) is 0.526. The molecular formula is C19H27F3IN5O2. The van der Waals surface area contributed by atoms with Crippen LogP contribution in [0.3, 0.4) is 0 Å². The Bertz CT molecular complexity index is 788. The van der Waals surface area contributed by atoms with Crippen molar-refractivity contribution < 1.29 is 22.8 Å². The molecule has 1 aromatic carbocycles. The number of guanidine groups is 1. The maximum absolute atomic E-state index is 12.8. The topological polar surface area (TPSA) is 85.8 Å². The first kappa shape index (κ1) is 26.0. The Morgan fingerprint density at radius 2 is 1.97 bits per heavy atom. The van der Waals surface area contributed by atoms with Crippen LogP contribution < -0.4 is 16.0 Å². The number of amides is 3. The maximum Gasteiger partial charge on any atom is 0.416 e. The molecule has 30 heavy (non-hydrogen) atoms. The highest BCUT2D eigenvalue weighted by atomic mass is 127. The van der Waals surface area contributed by atoms with Crippen molar-refractivity contribution in [1.82, 2.24) is 20.9 Å². The van der Waals surface area contributed by atoms with E-state index in [2.05, 4.69) is 20.9 Å². The van der Waals surface area contributed by atoms with E-state index in [4.69, 9.17) is 0 Å². The smallest absolute Gasteiger partial charge is 0.356 e. The zero-order chi connectivity index (χ0) is 21.7. The Labute approximate surface area is 190 Å². The third-order valence-electron chi connectivity index (χ3n) is 4.84. The third-order valence-corrected chi connectivity index (χ3v) is 4.84. The van der Waals surface area contributed by atoms with Crippen molar-refractivity contribution in [3.8, 4) is 0 Å². The van der Waals surface area contributed by atoms with Crippen LogP contribution in [0.4, 0.5) is 18.0 Å². The van der Waals surface area contributed by atoms with Gasteiger partial charge in [0.25, 0.3) is 5.91 Å². The molecule has 1 aromatic rings. The van der Waals surface area contributed by atoms with Gasteiger partial charge in [-0.25, -0.2) is 4.79 Å². The highest BCUT2D eigenvalue weighted by Gasteiger charge is 2.45. The normalized spacial score (nSPS) is 19.4. The lowest BCUT2D eigenvalue weighted by Crippen LogP contribution is -2.43. The predicted octanol–water partition coefficient (Wildman–Crippen LogP) is 3.10. The Morgan fingerprint density at radius 1 is 1.27 bits per heavy atom. The number of benzene rings is 1. The molecule has 7 nitrogen and oxygen atoms in total. The number of nitrogens with zero attached hydrogens (tertiary/aromatic N) is 2. The first-order valence-electron chi connectivity index (χ1n) is 9.35. The number of carbonyl (C=O) groups excluding carboxylic acids is 2. The van der Waals surface area contributed by atoms with Crippen LogP contribution in [0.1, 0.15) is 37.8 Å². The molecule has 168 valence electrons. The summed E-state index contributed by atoms with van der Waals surface area (Å²) < 4.78 is 38.3. The molecule has 1 heterocycles. The molecule has 0 spiro atoms. The summed E-state index contributed by atoms with van der Waals surface area (Å²) in [5, 5.41) is 8.66. The van der Waals surface area contributed by atoms with Crippen molar-refractivity contribution in [2.24, 2.45) is 4.99 Å². The van der Waals surface area contributed by atoms with Gasteiger partial charge in [0.1, 0.15) is 5.54 Å². The van der Waals surface area contributed by atoms with Gasteiger partial charge in [-0.1, -0.05) is 19.1 Å². The van der Waals surface area contributed by atoms with Crippen LogP contribution in [0.5, 0.6) is 0 Å². The molecule has 0 saturated carbocycles. The number of nitrogens with one attached hydrogen (secondary N) is 3. The van der Waals surface area contributed by atoms with Crippen molar-refractivity contribution in [2.45, 2.75) is 44.9 Å². The summed E-state index contributed by atoms with van der Waals surface area (Å²) in [7, 11) is 1.55. The molecule has 1 atom stereocenters. The number of hydrogen-bond donors (Lipinski definition) is 3. The second-order valence-corrected chi connectivity index (χ2v) is 6.98. The second kappa shape index (κ2) is 10.8. The number of imide groups is 1. The fourth-order valence-corrected chi connectivity index (χ4v) is 2.90. The molecule has 1 aliphatic heterocycles. The van der Waals surface area contributed by atoms with Gasteiger partial charge in [-0.2, -0.15) is 13.2 Å². The van der Waals surface area contributed by atoms with E-state index in [-0.39, 0.29) is 43.0 Å². The summed E-state index contributed by atoms with van der Waals surface area (Å²) >= 11 is 0. The second-order valence-electron chi connectivity index (χ2n) is 6.98. The molecule has 1 unspecified atom stereocenters. The number of rotatable bonds is 7. The largest absolute Gasteiger partial charge is 0.416 e. The first-order valence-corrected chi connectivity index (χ1v) is 9.35. The van der Waals surface area contributed by atoms with E-state index in [9.17, 15) is 22.8 Å². The zero-order valence-corrected chi connectivity index (χ0v) is 19.4. The average Bonchev–Trinajstić information content (AvgIpc) is 2.90. The predicted molar refractivity (Wildman–Crippen MR) is 119 cm³/mol. The average molecular weight is 541 g/mol. The van der Waals surface area contributed by atoms with E-state index in [1.807, 2.05) is 6.92 Å². The molecule has 2 rings (SSSR count). The lowest BCUT2D eigenvalue weighted by molar-refractivity contribution is -0.137. The maximum atomic E-state index is 12.8. The Morgan fingerprint density at radius 3 is 2.53 bits per heavy atom. The lowest BCUT2D eigenvalue weighted by Gasteiger charge is -2.19. The molecule has 11 heteroatoms. The lowest BCUT2D eigenvalue weighted by atomic mass is 9.99. The van der Waals surface area contributed by atoms with Gasteiger partial charge in [0, 0.05) is 26.7 Å². The minimum absolute atomic E-state index is 0. The summed E-state index contributed by atoms with van der Waals surface area (Å²) in [5.41, 5.74) is -1.08. The zero-order valence-electron chi connectivity index (χ0n) is 17.1. The van der Waals surface area contributed by atoms with Gasteiger partial charge < -0.3 is 16.0 Å². The highest BCUT2D eigenvalue weighted by molar-refractivity contribution is 14.0. The highest BCUT2D eigenvalue weighted by Crippen LogP contribution is 2.29. The van der Waals surface area contributed by atoms with Gasteiger partial charge in [-0.3, -0.25) is 14.7 Å². The molecular weight excluding hydrogens is 514 g/mol. The van der Waals surface area contributed by atoms with Crippen LogP contribution in [-0.2, 0) is 17.5 Å². The summed E-state index contributed by atoms with van der Waals surface area (Å²) in [5.74, 6) is 0.176. The quantitative estimate of drug-likeness (QED) is 0.163. The van der Waals surface area contributed by atoms with Crippen molar-refractivity contribution in [3.63, 3.8) is 0 Å². The summed E-state index contributed by atoms with van der Waals surface area (Å²) in [6, 6.07) is 4.67. The number of hydrogen-bond acceptors (Lipinski definition) is 3. The van der Waals surface area contributed by atoms with Gasteiger partial charge in [0.05, 0.1) is 5.56 Å². The Balaban J connectivity index is 0.00000450. The molecule has 0 radical (unpaired) electrons. The third kappa shape index (κ3) is 6.47. The van der Waals surface area contributed by atoms with Gasteiger partial charge in [0.15, 0.2) is 5.96 Å². The Hall–Kier alpha value is -2.05. The van der Waals surface area contributed by atoms with Gasteiger partial charge in [0.2, 0.25) is 0 Å². The monoisotopic (exact) mass is 541 g/mol.